The number of thiophene rings is 2. The number of rotatable bonds is 9. The van der Waals surface area contributed by atoms with E-state index in [-0.39, 0.29) is 0 Å². The normalized spacial score (nSPS) is 12.2. The highest BCUT2D eigenvalue weighted by Gasteiger charge is 2.23. The predicted octanol–water partition coefficient (Wildman–Crippen LogP) is 3.83. The molecule has 0 aromatic carbocycles. The highest BCUT2D eigenvalue weighted by molar-refractivity contribution is 7.91. The van der Waals surface area contributed by atoms with Gasteiger partial charge in [-0.1, -0.05) is 25.4 Å². The van der Waals surface area contributed by atoms with Crippen molar-refractivity contribution in [2.75, 3.05) is 19.6 Å². The second-order valence-electron chi connectivity index (χ2n) is 4.94. The van der Waals surface area contributed by atoms with Crippen LogP contribution in [0.25, 0.3) is 0 Å². The van der Waals surface area contributed by atoms with E-state index in [0.29, 0.717) is 17.3 Å². The van der Waals surface area contributed by atoms with Gasteiger partial charge in [-0.2, -0.15) is 4.31 Å². The van der Waals surface area contributed by atoms with Gasteiger partial charge in [-0.25, -0.2) is 8.42 Å². The molecule has 2 aromatic heterocycles. The lowest BCUT2D eigenvalue weighted by molar-refractivity contribution is 0.447. The molecule has 2 heterocycles. The molecule has 0 bridgehead atoms. The molecule has 0 radical (unpaired) electrons. The summed E-state index contributed by atoms with van der Waals surface area (Å²) in [6.45, 7) is 6.30. The third kappa shape index (κ3) is 5.01. The van der Waals surface area contributed by atoms with Crippen LogP contribution >= 0.6 is 34.3 Å². The Labute approximate surface area is 151 Å². The van der Waals surface area contributed by atoms with E-state index in [0.717, 1.165) is 28.7 Å². The van der Waals surface area contributed by atoms with Gasteiger partial charge in [0.15, 0.2) is 0 Å². The molecule has 0 aliphatic rings. The summed E-state index contributed by atoms with van der Waals surface area (Å²) in [4.78, 5) is 2.28. The van der Waals surface area contributed by atoms with Gasteiger partial charge in [0.2, 0.25) is 0 Å². The van der Waals surface area contributed by atoms with Gasteiger partial charge >= 0.3 is 0 Å². The molecule has 0 aliphatic carbocycles. The van der Waals surface area contributed by atoms with E-state index in [1.165, 1.54) is 20.5 Å². The van der Waals surface area contributed by atoms with Gasteiger partial charge in [-0.05, 0) is 30.7 Å². The van der Waals surface area contributed by atoms with Gasteiger partial charge in [-0.15, -0.1) is 22.7 Å². The molecule has 0 spiro atoms. The highest BCUT2D eigenvalue weighted by atomic mass is 35.5. The second-order valence-corrected chi connectivity index (χ2v) is 10.1. The first-order valence-electron chi connectivity index (χ1n) is 7.51. The van der Waals surface area contributed by atoms with Crippen LogP contribution in [-0.4, -0.2) is 32.4 Å². The van der Waals surface area contributed by atoms with E-state index >= 15 is 0 Å². The molecule has 0 saturated heterocycles. The number of nitrogens with one attached hydrogen (secondary N) is 1. The second kappa shape index (κ2) is 8.60. The minimum absolute atomic E-state index is 0.432. The van der Waals surface area contributed by atoms with E-state index in [2.05, 4.69) is 5.32 Å². The van der Waals surface area contributed by atoms with E-state index in [1.807, 2.05) is 32.0 Å². The maximum Gasteiger partial charge on any atom is 0.252 e. The Morgan fingerprint density at radius 2 is 1.78 bits per heavy atom. The smallest absolute Gasteiger partial charge is 0.252 e. The molecule has 2 aromatic rings. The van der Waals surface area contributed by atoms with Crippen LogP contribution in [0.5, 0.6) is 0 Å². The standard InChI is InChI=1S/C15H21ClN2O2S3/c1-3-18(4-2)23(19,20)15-8-6-12(22-15)9-10-17-11-13-5-7-14(16)21-13/h5-8,17H,3-4,9-11H2,1-2H3. The summed E-state index contributed by atoms with van der Waals surface area (Å²) in [5.41, 5.74) is 0. The fraction of sp³-hybridized carbons (Fsp3) is 0.467. The minimum Gasteiger partial charge on any atom is -0.311 e. The van der Waals surface area contributed by atoms with Crippen molar-refractivity contribution in [1.29, 1.82) is 0 Å². The summed E-state index contributed by atoms with van der Waals surface area (Å²) in [6, 6.07) is 7.53. The molecular weight excluding hydrogens is 372 g/mol. The predicted molar refractivity (Wildman–Crippen MR) is 99.2 cm³/mol. The Balaban J connectivity index is 1.87. The highest BCUT2D eigenvalue weighted by Crippen LogP contribution is 2.25. The van der Waals surface area contributed by atoms with E-state index < -0.39 is 10.0 Å². The maximum atomic E-state index is 12.4. The summed E-state index contributed by atoms with van der Waals surface area (Å²) in [5, 5.41) is 3.36. The molecule has 0 fully saturated rings. The van der Waals surface area contributed by atoms with Crippen LogP contribution in [0.15, 0.2) is 28.5 Å². The van der Waals surface area contributed by atoms with Crippen LogP contribution in [0.3, 0.4) is 0 Å². The van der Waals surface area contributed by atoms with Gasteiger partial charge in [-0.3, -0.25) is 0 Å². The first kappa shape index (κ1) is 18.9. The summed E-state index contributed by atoms with van der Waals surface area (Å²) >= 11 is 8.83. The summed E-state index contributed by atoms with van der Waals surface area (Å²) in [7, 11) is -3.33. The van der Waals surface area contributed by atoms with Crippen LogP contribution in [0.1, 0.15) is 23.6 Å². The zero-order chi connectivity index (χ0) is 16.9. The van der Waals surface area contributed by atoms with Crippen LogP contribution in [0.2, 0.25) is 4.34 Å². The largest absolute Gasteiger partial charge is 0.311 e. The molecule has 4 nitrogen and oxygen atoms in total. The Kier molecular flexibility index (Phi) is 7.06. The summed E-state index contributed by atoms with van der Waals surface area (Å²) in [5.74, 6) is 0. The maximum absolute atomic E-state index is 12.4. The van der Waals surface area contributed by atoms with Crippen molar-refractivity contribution in [3.8, 4) is 0 Å². The van der Waals surface area contributed by atoms with Crippen molar-refractivity contribution >= 4 is 44.3 Å². The lowest BCUT2D eigenvalue weighted by Crippen LogP contribution is -2.29. The Bertz CT molecular complexity index is 721. The van der Waals surface area contributed by atoms with Gasteiger partial charge in [0, 0.05) is 35.9 Å². The molecule has 0 saturated carbocycles. The van der Waals surface area contributed by atoms with Gasteiger partial charge in [0.25, 0.3) is 10.0 Å². The van der Waals surface area contributed by atoms with Gasteiger partial charge in [0.05, 0.1) is 4.34 Å². The number of hydrogen-bond donors (Lipinski definition) is 1. The van der Waals surface area contributed by atoms with Crippen molar-refractivity contribution < 1.29 is 8.42 Å². The number of sulfonamides is 1. The summed E-state index contributed by atoms with van der Waals surface area (Å²) in [6.07, 6.45) is 0.817. The van der Waals surface area contributed by atoms with Crippen molar-refractivity contribution in [3.63, 3.8) is 0 Å². The molecule has 0 unspecified atom stereocenters. The van der Waals surface area contributed by atoms with Crippen LogP contribution in [0, 0.1) is 0 Å². The van der Waals surface area contributed by atoms with Crippen molar-refractivity contribution in [3.05, 3.63) is 38.4 Å². The molecule has 0 amide bonds. The Morgan fingerprint density at radius 3 is 2.39 bits per heavy atom. The third-order valence-electron chi connectivity index (χ3n) is 3.41. The number of hydrogen-bond acceptors (Lipinski definition) is 5. The molecule has 8 heteroatoms. The van der Waals surface area contributed by atoms with E-state index in [1.54, 1.807) is 17.4 Å². The van der Waals surface area contributed by atoms with Crippen molar-refractivity contribution in [1.82, 2.24) is 9.62 Å². The fourth-order valence-corrected chi connectivity index (χ4v) is 6.22. The molecule has 23 heavy (non-hydrogen) atoms. The zero-order valence-corrected chi connectivity index (χ0v) is 16.4. The van der Waals surface area contributed by atoms with Crippen LogP contribution < -0.4 is 5.32 Å². The average molecular weight is 393 g/mol. The first-order valence-corrected chi connectivity index (χ1v) is 11.0. The molecule has 128 valence electrons. The zero-order valence-electron chi connectivity index (χ0n) is 13.2. The van der Waals surface area contributed by atoms with E-state index in [9.17, 15) is 8.42 Å². The first-order chi connectivity index (χ1) is 11.0. The van der Waals surface area contributed by atoms with Crippen molar-refractivity contribution in [2.24, 2.45) is 0 Å². The summed E-state index contributed by atoms with van der Waals surface area (Å²) < 4.78 is 27.6. The SMILES string of the molecule is CCN(CC)S(=O)(=O)c1ccc(CCNCc2ccc(Cl)s2)s1. The minimum atomic E-state index is -3.33. The van der Waals surface area contributed by atoms with Crippen LogP contribution in [0.4, 0.5) is 0 Å². The average Bonchev–Trinajstić information content (AvgIpc) is 3.14. The lowest BCUT2D eigenvalue weighted by Gasteiger charge is -2.16. The number of halogens is 1. The van der Waals surface area contributed by atoms with Gasteiger partial charge < -0.3 is 5.32 Å². The molecular formula is C15H21ClN2O2S3. The van der Waals surface area contributed by atoms with Crippen LogP contribution in [-0.2, 0) is 23.0 Å². The van der Waals surface area contributed by atoms with Crippen molar-refractivity contribution in [2.45, 2.75) is 31.0 Å². The Hall–Kier alpha value is -0.440. The fourth-order valence-electron chi connectivity index (χ4n) is 2.19. The molecule has 1 N–H and O–H groups in total. The molecule has 0 atom stereocenters. The lowest BCUT2D eigenvalue weighted by atomic mass is 10.3. The molecule has 2 rings (SSSR count). The van der Waals surface area contributed by atoms with Gasteiger partial charge in [0.1, 0.15) is 4.21 Å². The topological polar surface area (TPSA) is 49.4 Å². The monoisotopic (exact) mass is 392 g/mol. The Morgan fingerprint density at radius 1 is 1.09 bits per heavy atom. The quantitative estimate of drug-likeness (QED) is 0.660. The van der Waals surface area contributed by atoms with E-state index in [4.69, 9.17) is 11.6 Å². The third-order valence-corrected chi connectivity index (χ3v) is 8.31. The molecule has 0 aliphatic heterocycles. The number of nitrogens with zero attached hydrogens (tertiary/aromatic N) is 1.